The van der Waals surface area contributed by atoms with E-state index in [1.165, 1.54) is 18.1 Å². The van der Waals surface area contributed by atoms with Gasteiger partial charge in [-0.15, -0.1) is 0 Å². The van der Waals surface area contributed by atoms with Crippen LogP contribution in [0.2, 0.25) is 0 Å². The SMILES string of the molecule is [C-]#[N+]c1ccc(C(=O)N(CC)c2cccc(C(=O)O)c2OC)cc1. The average Bonchev–Trinajstić information content (AvgIpc) is 2.61. The van der Waals surface area contributed by atoms with E-state index >= 15 is 0 Å². The Bertz CT molecular complexity index is 807. The highest BCUT2D eigenvalue weighted by molar-refractivity contribution is 6.08. The Labute approximate surface area is 139 Å². The zero-order valence-electron chi connectivity index (χ0n) is 13.3. The summed E-state index contributed by atoms with van der Waals surface area (Å²) in [4.78, 5) is 28.8. The number of rotatable bonds is 5. The van der Waals surface area contributed by atoms with E-state index in [1.807, 2.05) is 0 Å². The molecule has 24 heavy (non-hydrogen) atoms. The Hall–Kier alpha value is -3.33. The van der Waals surface area contributed by atoms with Crippen molar-refractivity contribution in [3.8, 4) is 5.75 Å². The number of nitrogens with zero attached hydrogens (tertiary/aromatic N) is 2. The summed E-state index contributed by atoms with van der Waals surface area (Å²) in [7, 11) is 1.37. The summed E-state index contributed by atoms with van der Waals surface area (Å²) < 4.78 is 5.23. The van der Waals surface area contributed by atoms with Crippen LogP contribution < -0.4 is 9.64 Å². The molecule has 0 bridgehead atoms. The molecule has 2 aromatic rings. The third-order valence-electron chi connectivity index (χ3n) is 3.52. The van der Waals surface area contributed by atoms with E-state index in [-0.39, 0.29) is 17.2 Å². The lowest BCUT2D eigenvalue weighted by molar-refractivity contribution is 0.0692. The molecule has 0 aliphatic rings. The number of carbonyl (C=O) groups excluding carboxylic acids is 1. The summed E-state index contributed by atoms with van der Waals surface area (Å²) in [5.41, 5.74) is 1.23. The summed E-state index contributed by atoms with van der Waals surface area (Å²) in [5, 5.41) is 9.28. The first-order chi connectivity index (χ1) is 11.5. The largest absolute Gasteiger partial charge is 0.494 e. The summed E-state index contributed by atoms with van der Waals surface area (Å²) in [6, 6.07) is 10.9. The molecular formula is C18H16N2O4. The first-order valence-corrected chi connectivity index (χ1v) is 7.23. The molecule has 0 fully saturated rings. The molecule has 0 saturated carbocycles. The van der Waals surface area contributed by atoms with Crippen LogP contribution in [-0.2, 0) is 0 Å². The van der Waals surface area contributed by atoms with Crippen LogP contribution in [-0.4, -0.2) is 30.6 Å². The molecule has 6 heteroatoms. The third-order valence-corrected chi connectivity index (χ3v) is 3.52. The van der Waals surface area contributed by atoms with Gasteiger partial charge in [0.05, 0.1) is 19.4 Å². The molecule has 0 aliphatic heterocycles. The number of carbonyl (C=O) groups is 2. The lowest BCUT2D eigenvalue weighted by Gasteiger charge is -2.24. The lowest BCUT2D eigenvalue weighted by Crippen LogP contribution is -2.31. The van der Waals surface area contributed by atoms with Crippen LogP contribution in [0.25, 0.3) is 4.85 Å². The molecule has 2 aromatic carbocycles. The Kier molecular flexibility index (Phi) is 5.17. The molecule has 0 aromatic heterocycles. The van der Waals surface area contributed by atoms with Gasteiger partial charge in [-0.1, -0.05) is 30.3 Å². The van der Waals surface area contributed by atoms with Gasteiger partial charge in [-0.05, 0) is 19.1 Å². The molecule has 0 heterocycles. The molecule has 6 nitrogen and oxygen atoms in total. The van der Waals surface area contributed by atoms with E-state index in [9.17, 15) is 14.7 Å². The van der Waals surface area contributed by atoms with Crippen molar-refractivity contribution in [1.82, 2.24) is 0 Å². The highest BCUT2D eigenvalue weighted by atomic mass is 16.5. The summed E-state index contributed by atoms with van der Waals surface area (Å²) >= 11 is 0. The predicted molar refractivity (Wildman–Crippen MR) is 90.0 cm³/mol. The van der Waals surface area contributed by atoms with Gasteiger partial charge in [-0.25, -0.2) is 9.64 Å². The number of carboxylic acid groups (broad SMARTS) is 1. The molecule has 2 rings (SSSR count). The lowest BCUT2D eigenvalue weighted by atomic mass is 10.1. The zero-order valence-corrected chi connectivity index (χ0v) is 13.3. The van der Waals surface area contributed by atoms with Gasteiger partial charge in [0.15, 0.2) is 11.4 Å². The molecular weight excluding hydrogens is 308 g/mol. The Morgan fingerprint density at radius 3 is 2.38 bits per heavy atom. The fourth-order valence-electron chi connectivity index (χ4n) is 2.38. The van der Waals surface area contributed by atoms with Gasteiger partial charge in [0.2, 0.25) is 0 Å². The van der Waals surface area contributed by atoms with Crippen LogP contribution >= 0.6 is 0 Å². The molecule has 0 spiro atoms. The second kappa shape index (κ2) is 7.29. The van der Waals surface area contributed by atoms with Crippen LogP contribution in [0.5, 0.6) is 5.75 Å². The number of benzene rings is 2. The van der Waals surface area contributed by atoms with Crippen molar-refractivity contribution in [2.75, 3.05) is 18.6 Å². The summed E-state index contributed by atoms with van der Waals surface area (Å²) in [5.74, 6) is -1.29. The maximum atomic E-state index is 12.8. The maximum absolute atomic E-state index is 12.8. The van der Waals surface area contributed by atoms with Crippen molar-refractivity contribution in [2.45, 2.75) is 6.92 Å². The van der Waals surface area contributed by atoms with Gasteiger partial charge in [0, 0.05) is 12.1 Å². The van der Waals surface area contributed by atoms with E-state index in [4.69, 9.17) is 11.3 Å². The molecule has 0 atom stereocenters. The van der Waals surface area contributed by atoms with Crippen LogP contribution in [0, 0.1) is 6.57 Å². The minimum absolute atomic E-state index is 0.00963. The Balaban J connectivity index is 2.48. The topological polar surface area (TPSA) is 71.2 Å². The van der Waals surface area contributed by atoms with Crippen molar-refractivity contribution in [3.05, 3.63) is 65.0 Å². The first kappa shape index (κ1) is 17.0. The van der Waals surface area contributed by atoms with E-state index in [2.05, 4.69) is 4.85 Å². The predicted octanol–water partition coefficient (Wildman–Crippen LogP) is 3.61. The number of aromatic carboxylic acids is 1. The first-order valence-electron chi connectivity index (χ1n) is 7.23. The molecule has 0 radical (unpaired) electrons. The smallest absolute Gasteiger partial charge is 0.339 e. The van der Waals surface area contributed by atoms with E-state index in [0.717, 1.165) is 0 Å². The van der Waals surface area contributed by atoms with E-state index in [0.29, 0.717) is 23.5 Å². The molecule has 0 saturated heterocycles. The molecule has 0 unspecified atom stereocenters. The number of para-hydroxylation sites is 1. The highest BCUT2D eigenvalue weighted by Gasteiger charge is 2.23. The fourth-order valence-corrected chi connectivity index (χ4v) is 2.38. The van der Waals surface area contributed by atoms with Crippen molar-refractivity contribution in [3.63, 3.8) is 0 Å². The molecule has 1 amide bonds. The normalized spacial score (nSPS) is 9.88. The highest BCUT2D eigenvalue weighted by Crippen LogP contribution is 2.33. The van der Waals surface area contributed by atoms with E-state index < -0.39 is 5.97 Å². The second-order valence-corrected chi connectivity index (χ2v) is 4.87. The minimum atomic E-state index is -1.13. The number of hydrogen-bond acceptors (Lipinski definition) is 3. The number of hydrogen-bond donors (Lipinski definition) is 1. The van der Waals surface area contributed by atoms with Crippen molar-refractivity contribution in [2.24, 2.45) is 0 Å². The van der Waals surface area contributed by atoms with Crippen molar-refractivity contribution < 1.29 is 19.4 Å². The Morgan fingerprint density at radius 2 is 1.88 bits per heavy atom. The number of ether oxygens (including phenoxy) is 1. The minimum Gasteiger partial charge on any atom is -0.494 e. The second-order valence-electron chi connectivity index (χ2n) is 4.87. The number of anilines is 1. The zero-order chi connectivity index (χ0) is 17.7. The fraction of sp³-hybridized carbons (Fsp3) is 0.167. The third kappa shape index (κ3) is 3.20. The van der Waals surface area contributed by atoms with Gasteiger partial charge in [-0.2, -0.15) is 0 Å². The molecule has 1 N–H and O–H groups in total. The van der Waals surface area contributed by atoms with Crippen LogP contribution in [0.15, 0.2) is 42.5 Å². The van der Waals surface area contributed by atoms with Gasteiger partial charge in [-0.3, -0.25) is 4.79 Å². The van der Waals surface area contributed by atoms with E-state index in [1.54, 1.807) is 43.3 Å². The summed E-state index contributed by atoms with van der Waals surface area (Å²) in [6.45, 7) is 9.08. The number of amides is 1. The maximum Gasteiger partial charge on any atom is 0.339 e. The summed E-state index contributed by atoms with van der Waals surface area (Å²) in [6.07, 6.45) is 0. The van der Waals surface area contributed by atoms with Crippen molar-refractivity contribution in [1.29, 1.82) is 0 Å². The molecule has 122 valence electrons. The van der Waals surface area contributed by atoms with Gasteiger partial charge in [0.25, 0.3) is 5.91 Å². The number of carboxylic acids is 1. The van der Waals surface area contributed by atoms with Gasteiger partial charge < -0.3 is 14.7 Å². The molecule has 0 aliphatic carbocycles. The Morgan fingerprint density at radius 1 is 1.21 bits per heavy atom. The van der Waals surface area contributed by atoms with Crippen LogP contribution in [0.1, 0.15) is 27.6 Å². The van der Waals surface area contributed by atoms with Crippen LogP contribution in [0.4, 0.5) is 11.4 Å². The average molecular weight is 324 g/mol. The number of methoxy groups -OCH3 is 1. The van der Waals surface area contributed by atoms with Gasteiger partial charge in [0.1, 0.15) is 5.56 Å². The van der Waals surface area contributed by atoms with Crippen molar-refractivity contribution >= 4 is 23.3 Å². The quantitative estimate of drug-likeness (QED) is 0.853. The standard InChI is InChI=1S/C18H16N2O4/c1-4-20(17(21)12-8-10-13(19-2)11-9-12)15-7-5-6-14(18(22)23)16(15)24-3/h5-11H,4H2,1,3H3,(H,22,23). The monoisotopic (exact) mass is 324 g/mol. The van der Waals surface area contributed by atoms with Gasteiger partial charge >= 0.3 is 5.97 Å². The van der Waals surface area contributed by atoms with Crippen LogP contribution in [0.3, 0.4) is 0 Å².